The molecule has 75 heavy (non-hydrogen) atoms. The molecule has 3 unspecified atom stereocenters. The third-order valence-electron chi connectivity index (χ3n) is 14.2. The molecule has 0 aliphatic carbocycles. The van der Waals surface area contributed by atoms with E-state index in [0.717, 1.165) is 70.6 Å². The topological polar surface area (TPSA) is 105 Å². The summed E-state index contributed by atoms with van der Waals surface area (Å²) in [6.07, 6.45) is 79.0. The number of carbonyl (C=O) groups is 1. The van der Waals surface area contributed by atoms with Crippen LogP contribution in [0.25, 0.3) is 0 Å². The van der Waals surface area contributed by atoms with E-state index in [1.807, 2.05) is 27.2 Å². The maximum atomic E-state index is 13.0. The minimum absolute atomic E-state index is 0.0620. The number of aliphatic hydroxyl groups is 1. The zero-order valence-electron chi connectivity index (χ0n) is 50.0. The lowest BCUT2D eigenvalue weighted by Crippen LogP contribution is -2.45. The van der Waals surface area contributed by atoms with Crippen LogP contribution in [0, 0.1) is 0 Å². The van der Waals surface area contributed by atoms with E-state index in [4.69, 9.17) is 9.05 Å². The Balaban J connectivity index is 3.85. The van der Waals surface area contributed by atoms with E-state index in [0.29, 0.717) is 17.4 Å². The Labute approximate surface area is 465 Å². The van der Waals surface area contributed by atoms with Gasteiger partial charge in [-0.2, -0.15) is 0 Å². The number of rotatable bonds is 58. The second kappa shape index (κ2) is 56.7. The van der Waals surface area contributed by atoms with Crippen LogP contribution in [0.15, 0.2) is 72.9 Å². The van der Waals surface area contributed by atoms with Gasteiger partial charge < -0.3 is 19.8 Å². The van der Waals surface area contributed by atoms with Crippen molar-refractivity contribution < 1.29 is 32.9 Å². The van der Waals surface area contributed by atoms with Crippen LogP contribution < -0.4 is 5.32 Å². The van der Waals surface area contributed by atoms with E-state index >= 15 is 0 Å². The van der Waals surface area contributed by atoms with Crippen molar-refractivity contribution in [2.24, 2.45) is 0 Å². The average Bonchev–Trinajstić information content (AvgIpc) is 3.37. The van der Waals surface area contributed by atoms with Gasteiger partial charge in [-0.15, -0.1) is 0 Å². The Morgan fingerprint density at radius 2 is 0.800 bits per heavy atom. The first kappa shape index (κ1) is 72.9. The van der Waals surface area contributed by atoms with Gasteiger partial charge in [-0.3, -0.25) is 13.8 Å². The summed E-state index contributed by atoms with van der Waals surface area (Å²) in [5, 5.41) is 13.9. The molecule has 0 aromatic heterocycles. The maximum absolute atomic E-state index is 13.0. The van der Waals surface area contributed by atoms with E-state index in [9.17, 15) is 19.4 Å². The molecule has 0 saturated heterocycles. The van der Waals surface area contributed by atoms with Crippen molar-refractivity contribution in [1.29, 1.82) is 0 Å². The molecule has 0 aliphatic heterocycles. The third kappa shape index (κ3) is 59.4. The maximum Gasteiger partial charge on any atom is 0.472 e. The first-order valence-electron chi connectivity index (χ1n) is 31.8. The Bertz CT molecular complexity index is 1450. The van der Waals surface area contributed by atoms with Gasteiger partial charge in [-0.1, -0.05) is 292 Å². The standard InChI is InChI=1S/C66H123N2O6P/c1-6-8-10-12-14-16-18-20-21-22-23-24-25-26-27-28-29-30-31-32-33-34-35-36-37-38-39-40-41-42-43-44-45-46-47-48-50-52-54-56-58-60-66(70)67-64(63-74-75(71,72)73-62-61-68(3,4)5)65(69)59-57-55-53-51-49-19-17-15-13-11-9-7-2/h8,10,14,16,20-21,23-24,26-27,57,59,64-65,69H,6-7,9,11-13,15,17-19,22,25,28-56,58,60-63H2,1-5H3,(H-,67,70,71,72)/p+1/b10-8-,16-14-,21-20-,24-23-,27-26-,59-57+. The van der Waals surface area contributed by atoms with Crippen molar-refractivity contribution in [3.8, 4) is 0 Å². The first-order chi connectivity index (χ1) is 36.5. The minimum Gasteiger partial charge on any atom is -0.387 e. The van der Waals surface area contributed by atoms with E-state index in [2.05, 4.69) is 79.9 Å². The van der Waals surface area contributed by atoms with Crippen molar-refractivity contribution >= 4 is 13.7 Å². The van der Waals surface area contributed by atoms with E-state index < -0.39 is 20.0 Å². The van der Waals surface area contributed by atoms with Gasteiger partial charge in [-0.25, -0.2) is 4.57 Å². The van der Waals surface area contributed by atoms with E-state index in [1.54, 1.807) is 6.08 Å². The molecule has 9 heteroatoms. The number of aliphatic hydroxyl groups excluding tert-OH is 1. The van der Waals surface area contributed by atoms with Crippen molar-refractivity contribution in [3.63, 3.8) is 0 Å². The summed E-state index contributed by atoms with van der Waals surface area (Å²) in [5.74, 6) is -0.174. The van der Waals surface area contributed by atoms with Crippen LogP contribution in [0.3, 0.4) is 0 Å². The van der Waals surface area contributed by atoms with Gasteiger partial charge in [0.15, 0.2) is 0 Å². The molecule has 3 atom stereocenters. The summed E-state index contributed by atoms with van der Waals surface area (Å²) in [5.41, 5.74) is 0. The quantitative estimate of drug-likeness (QED) is 0.0243. The highest BCUT2D eigenvalue weighted by Gasteiger charge is 2.27. The monoisotopic (exact) mass is 1070 g/mol. The Kier molecular flexibility index (Phi) is 55.1. The number of unbranched alkanes of at least 4 members (excludes halogenated alkanes) is 35. The van der Waals surface area contributed by atoms with Crippen molar-refractivity contribution in [1.82, 2.24) is 5.32 Å². The Morgan fingerprint density at radius 3 is 1.17 bits per heavy atom. The number of hydrogen-bond donors (Lipinski definition) is 3. The fourth-order valence-electron chi connectivity index (χ4n) is 9.25. The number of hydrogen-bond acceptors (Lipinski definition) is 5. The predicted molar refractivity (Wildman–Crippen MR) is 327 cm³/mol. The number of phosphoric ester groups is 1. The molecule has 1 amide bonds. The van der Waals surface area contributed by atoms with Gasteiger partial charge in [0.05, 0.1) is 39.9 Å². The minimum atomic E-state index is -4.34. The summed E-state index contributed by atoms with van der Waals surface area (Å²) >= 11 is 0. The molecule has 0 aliphatic rings. The average molecular weight is 1070 g/mol. The predicted octanol–water partition coefficient (Wildman–Crippen LogP) is 19.8. The molecule has 8 nitrogen and oxygen atoms in total. The number of amides is 1. The zero-order valence-corrected chi connectivity index (χ0v) is 50.9. The molecular weight excluding hydrogens is 948 g/mol. The van der Waals surface area contributed by atoms with Crippen LogP contribution in [0.1, 0.15) is 290 Å². The van der Waals surface area contributed by atoms with Crippen LogP contribution in [-0.2, 0) is 18.4 Å². The molecule has 0 saturated carbocycles. The molecule has 3 N–H and O–H groups in total. The highest BCUT2D eigenvalue weighted by molar-refractivity contribution is 7.47. The lowest BCUT2D eigenvalue weighted by atomic mass is 10.0. The highest BCUT2D eigenvalue weighted by Crippen LogP contribution is 2.43. The van der Waals surface area contributed by atoms with Gasteiger partial charge in [0.2, 0.25) is 5.91 Å². The van der Waals surface area contributed by atoms with Crippen molar-refractivity contribution in [2.75, 3.05) is 40.9 Å². The number of nitrogens with zero attached hydrogens (tertiary/aromatic N) is 1. The smallest absolute Gasteiger partial charge is 0.387 e. The lowest BCUT2D eigenvalue weighted by Gasteiger charge is -2.25. The van der Waals surface area contributed by atoms with Crippen molar-refractivity contribution in [3.05, 3.63) is 72.9 Å². The third-order valence-corrected chi connectivity index (χ3v) is 15.2. The molecule has 0 aromatic carbocycles. The van der Waals surface area contributed by atoms with Crippen LogP contribution in [0.5, 0.6) is 0 Å². The number of carbonyl (C=O) groups excluding carboxylic acids is 1. The fourth-order valence-corrected chi connectivity index (χ4v) is 9.98. The van der Waals surface area contributed by atoms with E-state index in [1.165, 1.54) is 199 Å². The van der Waals surface area contributed by atoms with Gasteiger partial charge >= 0.3 is 7.82 Å². The van der Waals surface area contributed by atoms with Crippen LogP contribution >= 0.6 is 7.82 Å². The molecule has 0 bridgehead atoms. The molecule has 0 aromatic rings. The van der Waals surface area contributed by atoms with E-state index in [-0.39, 0.29) is 19.1 Å². The Hall–Kier alpha value is -2.06. The summed E-state index contributed by atoms with van der Waals surface area (Å²) in [7, 11) is 1.58. The number of quaternary nitrogens is 1. The summed E-state index contributed by atoms with van der Waals surface area (Å²) in [6, 6.07) is -0.845. The summed E-state index contributed by atoms with van der Waals surface area (Å²) in [4.78, 5) is 23.3. The molecular formula is C66H124N2O6P+. The van der Waals surface area contributed by atoms with Crippen LogP contribution in [-0.4, -0.2) is 73.4 Å². The second-order valence-electron chi connectivity index (χ2n) is 22.8. The summed E-state index contributed by atoms with van der Waals surface area (Å²) < 4.78 is 23.7. The molecule has 0 heterocycles. The Morgan fingerprint density at radius 1 is 0.467 bits per heavy atom. The van der Waals surface area contributed by atoms with Gasteiger partial charge in [0, 0.05) is 6.42 Å². The largest absolute Gasteiger partial charge is 0.472 e. The molecule has 0 spiro atoms. The SMILES string of the molecule is CC/C=C\C/C=C\C/C=C\C/C=C\C/C=C\CCCCCCCCCCCCCCCCCCCCCCCCCCCC(=O)NC(COP(=O)(O)OCC[N+](C)(C)C)C(O)/C=C/CCCCCCCCCCCC. The van der Waals surface area contributed by atoms with Gasteiger partial charge in [-0.05, 0) is 64.2 Å². The second-order valence-corrected chi connectivity index (χ2v) is 24.2. The normalized spacial score (nSPS) is 14.3. The lowest BCUT2D eigenvalue weighted by molar-refractivity contribution is -0.870. The fraction of sp³-hybridized carbons (Fsp3) is 0.803. The van der Waals surface area contributed by atoms with Crippen LogP contribution in [0.2, 0.25) is 0 Å². The number of allylic oxidation sites excluding steroid dienone is 11. The molecule has 0 rings (SSSR count). The van der Waals surface area contributed by atoms with Crippen LogP contribution in [0.4, 0.5) is 0 Å². The zero-order chi connectivity index (χ0) is 54.9. The number of likely N-dealkylation sites (N-methyl/N-ethyl adjacent to an activating group) is 1. The molecule has 438 valence electrons. The number of phosphoric acid groups is 1. The number of nitrogens with one attached hydrogen (secondary N) is 1. The van der Waals surface area contributed by atoms with Gasteiger partial charge in [0.1, 0.15) is 13.2 Å². The molecule has 0 radical (unpaired) electrons. The summed E-state index contributed by atoms with van der Waals surface area (Å²) in [6.45, 7) is 4.71. The van der Waals surface area contributed by atoms with Gasteiger partial charge in [0.25, 0.3) is 0 Å². The van der Waals surface area contributed by atoms with Crippen molar-refractivity contribution in [2.45, 2.75) is 302 Å². The first-order valence-corrected chi connectivity index (χ1v) is 33.3. The highest BCUT2D eigenvalue weighted by atomic mass is 31.2. The molecule has 0 fully saturated rings.